The average Bonchev–Trinajstić information content (AvgIpc) is 2.38. The van der Waals surface area contributed by atoms with Crippen LogP contribution in [0.5, 0.6) is 11.5 Å². The van der Waals surface area contributed by atoms with Crippen LogP contribution in [0.1, 0.15) is 15.9 Å². The molecule has 0 amide bonds. The number of hydrogen-bond acceptors (Lipinski definition) is 4. The average molecular weight is 232 g/mol. The molecule has 0 aliphatic rings. The van der Waals surface area contributed by atoms with Gasteiger partial charge >= 0.3 is 0 Å². The molecule has 0 atom stereocenters. The SMILES string of the molecule is COc1cc(C=O)c(/C=C/C=C=O)cc1OC. The van der Waals surface area contributed by atoms with Gasteiger partial charge in [0, 0.05) is 11.6 Å². The molecule has 1 aromatic rings. The Morgan fingerprint density at radius 2 is 1.71 bits per heavy atom. The molecule has 0 heterocycles. The zero-order valence-electron chi connectivity index (χ0n) is 9.60. The predicted octanol–water partition coefficient (Wildman–Crippen LogP) is 1.92. The molecule has 0 saturated carbocycles. The number of ether oxygens (including phenoxy) is 2. The van der Waals surface area contributed by atoms with E-state index in [4.69, 9.17) is 9.47 Å². The summed E-state index contributed by atoms with van der Waals surface area (Å²) in [7, 11) is 3.01. The molecule has 0 aromatic heterocycles. The minimum atomic E-state index is 0.457. The molecule has 0 bridgehead atoms. The highest BCUT2D eigenvalue weighted by Crippen LogP contribution is 2.30. The van der Waals surface area contributed by atoms with Crippen LogP contribution in [0.2, 0.25) is 0 Å². The van der Waals surface area contributed by atoms with Gasteiger partial charge in [-0.2, -0.15) is 0 Å². The number of aldehydes is 1. The highest BCUT2D eigenvalue weighted by molar-refractivity contribution is 5.84. The van der Waals surface area contributed by atoms with E-state index in [9.17, 15) is 9.59 Å². The van der Waals surface area contributed by atoms with Crippen LogP contribution in [0.15, 0.2) is 24.3 Å². The summed E-state index contributed by atoms with van der Waals surface area (Å²) in [6.45, 7) is 0. The van der Waals surface area contributed by atoms with Crippen LogP contribution in [0, 0.1) is 0 Å². The number of methoxy groups -OCH3 is 2. The first-order valence-corrected chi connectivity index (χ1v) is 4.85. The van der Waals surface area contributed by atoms with Gasteiger partial charge in [-0.05, 0) is 17.7 Å². The fourth-order valence-corrected chi connectivity index (χ4v) is 1.35. The molecule has 0 unspecified atom stereocenters. The lowest BCUT2D eigenvalue weighted by Crippen LogP contribution is -1.94. The van der Waals surface area contributed by atoms with Gasteiger partial charge < -0.3 is 9.47 Å². The Hall–Kier alpha value is -2.32. The summed E-state index contributed by atoms with van der Waals surface area (Å²) in [5, 5.41) is 0. The maximum absolute atomic E-state index is 10.9. The van der Waals surface area contributed by atoms with Crippen LogP contribution < -0.4 is 9.47 Å². The first-order chi connectivity index (χ1) is 8.26. The first-order valence-electron chi connectivity index (χ1n) is 4.85. The Morgan fingerprint density at radius 3 is 2.18 bits per heavy atom. The molecular weight excluding hydrogens is 220 g/mol. The van der Waals surface area contributed by atoms with Crippen molar-refractivity contribution in [2.45, 2.75) is 0 Å². The summed E-state index contributed by atoms with van der Waals surface area (Å²) in [5.41, 5.74) is 1.10. The van der Waals surface area contributed by atoms with Crippen LogP contribution in [0.25, 0.3) is 6.08 Å². The second-order valence-electron chi connectivity index (χ2n) is 3.10. The Morgan fingerprint density at radius 1 is 1.12 bits per heavy atom. The van der Waals surface area contributed by atoms with E-state index in [1.54, 1.807) is 24.2 Å². The molecule has 4 nitrogen and oxygen atoms in total. The third-order valence-corrected chi connectivity index (χ3v) is 2.16. The van der Waals surface area contributed by atoms with Crippen molar-refractivity contribution < 1.29 is 19.1 Å². The van der Waals surface area contributed by atoms with Gasteiger partial charge in [0.2, 0.25) is 0 Å². The normalized spacial score (nSPS) is 9.76. The quantitative estimate of drug-likeness (QED) is 0.442. The molecule has 0 radical (unpaired) electrons. The van der Waals surface area contributed by atoms with Crippen molar-refractivity contribution in [1.82, 2.24) is 0 Å². The monoisotopic (exact) mass is 232 g/mol. The lowest BCUT2D eigenvalue weighted by atomic mass is 10.1. The smallest absolute Gasteiger partial charge is 0.161 e. The summed E-state index contributed by atoms with van der Waals surface area (Å²) >= 11 is 0. The van der Waals surface area contributed by atoms with E-state index in [0.717, 1.165) is 0 Å². The fraction of sp³-hybridized carbons (Fsp3) is 0.154. The van der Waals surface area contributed by atoms with Gasteiger partial charge in [0.1, 0.15) is 5.94 Å². The molecule has 0 saturated heterocycles. The Bertz CT molecular complexity index is 482. The number of rotatable bonds is 5. The number of carbonyl (C=O) groups is 1. The van der Waals surface area contributed by atoms with Crippen molar-refractivity contribution >= 4 is 18.3 Å². The molecule has 1 rings (SSSR count). The van der Waals surface area contributed by atoms with E-state index in [1.165, 1.54) is 26.4 Å². The first kappa shape index (κ1) is 12.7. The zero-order valence-corrected chi connectivity index (χ0v) is 9.60. The van der Waals surface area contributed by atoms with Crippen molar-refractivity contribution in [2.24, 2.45) is 0 Å². The fourth-order valence-electron chi connectivity index (χ4n) is 1.35. The van der Waals surface area contributed by atoms with Gasteiger partial charge in [-0.25, -0.2) is 4.79 Å². The van der Waals surface area contributed by atoms with Crippen LogP contribution in [-0.4, -0.2) is 26.4 Å². The Labute approximate surface area is 99.2 Å². The molecule has 4 heteroatoms. The third kappa shape index (κ3) is 3.06. The number of carbonyl (C=O) groups excluding carboxylic acids is 2. The topological polar surface area (TPSA) is 52.6 Å². The van der Waals surface area contributed by atoms with Gasteiger partial charge in [0.05, 0.1) is 14.2 Å². The Balaban J connectivity index is 3.27. The van der Waals surface area contributed by atoms with Crippen LogP contribution in [0.4, 0.5) is 0 Å². The van der Waals surface area contributed by atoms with Gasteiger partial charge in [-0.15, -0.1) is 0 Å². The maximum Gasteiger partial charge on any atom is 0.161 e. The van der Waals surface area contributed by atoms with Crippen LogP contribution in [-0.2, 0) is 4.79 Å². The second-order valence-corrected chi connectivity index (χ2v) is 3.10. The van der Waals surface area contributed by atoms with Crippen molar-refractivity contribution in [1.29, 1.82) is 0 Å². The van der Waals surface area contributed by atoms with Gasteiger partial charge in [0.15, 0.2) is 17.8 Å². The van der Waals surface area contributed by atoms with E-state index in [2.05, 4.69) is 0 Å². The second kappa shape index (κ2) is 6.30. The largest absolute Gasteiger partial charge is 0.493 e. The highest BCUT2D eigenvalue weighted by atomic mass is 16.5. The number of benzene rings is 1. The molecule has 0 N–H and O–H groups in total. The number of hydrogen-bond donors (Lipinski definition) is 0. The molecule has 17 heavy (non-hydrogen) atoms. The van der Waals surface area contributed by atoms with E-state index in [0.29, 0.717) is 28.9 Å². The van der Waals surface area contributed by atoms with Gasteiger partial charge in [-0.3, -0.25) is 4.79 Å². The predicted molar refractivity (Wildman–Crippen MR) is 64.2 cm³/mol. The van der Waals surface area contributed by atoms with E-state index < -0.39 is 0 Å². The number of allylic oxidation sites excluding steroid dienone is 2. The standard InChI is InChI=1S/C13H12O4/c1-16-12-7-10(5-3-4-6-14)11(9-15)8-13(12)17-2/h3-5,7-9H,1-2H3/b5-3+. The van der Waals surface area contributed by atoms with E-state index in [1.807, 2.05) is 0 Å². The summed E-state index contributed by atoms with van der Waals surface area (Å²) in [5.74, 6) is 2.63. The summed E-state index contributed by atoms with van der Waals surface area (Å²) < 4.78 is 10.2. The minimum absolute atomic E-state index is 0.457. The van der Waals surface area contributed by atoms with Crippen molar-refractivity contribution in [3.05, 3.63) is 35.4 Å². The molecule has 88 valence electrons. The molecule has 0 spiro atoms. The van der Waals surface area contributed by atoms with E-state index in [-0.39, 0.29) is 0 Å². The lowest BCUT2D eigenvalue weighted by Gasteiger charge is -2.09. The molecule has 1 aromatic carbocycles. The van der Waals surface area contributed by atoms with Gasteiger partial charge in [0.25, 0.3) is 0 Å². The zero-order chi connectivity index (χ0) is 12.7. The third-order valence-electron chi connectivity index (χ3n) is 2.16. The van der Waals surface area contributed by atoms with Crippen molar-refractivity contribution in [3.8, 4) is 11.5 Å². The molecule has 0 fully saturated rings. The lowest BCUT2D eigenvalue weighted by molar-refractivity contribution is 0.112. The molecule has 0 aliphatic carbocycles. The molecular formula is C13H12O4. The van der Waals surface area contributed by atoms with Gasteiger partial charge in [-0.1, -0.05) is 12.2 Å². The Kier molecular flexibility index (Phi) is 4.73. The summed E-state index contributed by atoms with van der Waals surface area (Å²) in [4.78, 5) is 20.9. The van der Waals surface area contributed by atoms with Crippen LogP contribution in [0.3, 0.4) is 0 Å². The summed E-state index contributed by atoms with van der Waals surface area (Å²) in [6.07, 6.45) is 5.05. The van der Waals surface area contributed by atoms with Crippen molar-refractivity contribution in [2.75, 3.05) is 14.2 Å². The highest BCUT2D eigenvalue weighted by Gasteiger charge is 2.08. The summed E-state index contributed by atoms with van der Waals surface area (Å²) in [6, 6.07) is 3.24. The van der Waals surface area contributed by atoms with E-state index >= 15 is 0 Å². The van der Waals surface area contributed by atoms with Crippen molar-refractivity contribution in [3.63, 3.8) is 0 Å². The van der Waals surface area contributed by atoms with Crippen LogP contribution >= 0.6 is 0 Å². The minimum Gasteiger partial charge on any atom is -0.493 e. The molecule has 0 aliphatic heterocycles. The maximum atomic E-state index is 10.9.